The minimum atomic E-state index is -0.710. The maximum Gasteiger partial charge on any atom is 0.167 e. The lowest BCUT2D eigenvalue weighted by Gasteiger charge is -2.33. The molecule has 4 heterocycles. The van der Waals surface area contributed by atoms with Gasteiger partial charge in [0.2, 0.25) is 0 Å². The van der Waals surface area contributed by atoms with E-state index < -0.39 is 17.7 Å². The quantitative estimate of drug-likeness (QED) is 0.416. The molecule has 1 aliphatic heterocycles. The van der Waals surface area contributed by atoms with E-state index in [0.717, 1.165) is 11.6 Å². The number of hydrogen-bond donors (Lipinski definition) is 1. The number of hydrogen-bond acceptors (Lipinski definition) is 8. The van der Waals surface area contributed by atoms with Crippen LogP contribution in [0.15, 0.2) is 42.9 Å². The number of pyridine rings is 1. The van der Waals surface area contributed by atoms with E-state index in [1.54, 1.807) is 23.1 Å². The number of rotatable bonds is 7. The molecule has 9 nitrogen and oxygen atoms in total. The lowest BCUT2D eigenvalue weighted by molar-refractivity contribution is 0.0456. The van der Waals surface area contributed by atoms with Gasteiger partial charge in [-0.3, -0.25) is 9.67 Å². The van der Waals surface area contributed by atoms with Crippen molar-refractivity contribution in [3.8, 4) is 17.0 Å². The standard InChI is InChI=1S/C25H26F2N6O3/c1-32-13-15(11-29-32)24-25(31-19-10-20(23(14-34)35-2)28-12-21(19)30-24)33-7-5-17(6-8-33)36-22-4-3-16(26)9-18(22)27/h3-4,9-13,17,23,34H,5-8,14H2,1-2H3. The van der Waals surface area contributed by atoms with E-state index in [9.17, 15) is 13.9 Å². The van der Waals surface area contributed by atoms with Crippen LogP contribution in [-0.2, 0) is 11.8 Å². The Morgan fingerprint density at radius 3 is 2.58 bits per heavy atom. The summed E-state index contributed by atoms with van der Waals surface area (Å²) in [4.78, 5) is 16.3. The van der Waals surface area contributed by atoms with Crippen molar-refractivity contribution in [1.82, 2.24) is 24.7 Å². The second kappa shape index (κ2) is 10.1. The zero-order chi connectivity index (χ0) is 25.2. The number of piperidine rings is 1. The Morgan fingerprint density at radius 1 is 1.11 bits per heavy atom. The highest BCUT2D eigenvalue weighted by Gasteiger charge is 2.26. The minimum absolute atomic E-state index is 0.0491. The van der Waals surface area contributed by atoms with Gasteiger partial charge in [0.25, 0.3) is 0 Å². The number of aromatic nitrogens is 5. The molecule has 0 spiro atoms. The summed E-state index contributed by atoms with van der Waals surface area (Å²) in [6.07, 6.45) is 5.72. The average molecular weight is 497 g/mol. The third-order valence-electron chi connectivity index (χ3n) is 6.24. The average Bonchev–Trinajstić information content (AvgIpc) is 3.32. The number of aliphatic hydroxyl groups is 1. The first-order valence-corrected chi connectivity index (χ1v) is 11.6. The van der Waals surface area contributed by atoms with Gasteiger partial charge in [0.1, 0.15) is 29.2 Å². The summed E-state index contributed by atoms with van der Waals surface area (Å²) in [5.74, 6) is -0.606. The summed E-state index contributed by atoms with van der Waals surface area (Å²) in [6, 6.07) is 5.10. The van der Waals surface area contributed by atoms with Crippen molar-refractivity contribution in [3.05, 3.63) is 60.2 Å². The van der Waals surface area contributed by atoms with E-state index in [1.807, 2.05) is 13.2 Å². The molecule has 1 atom stereocenters. The van der Waals surface area contributed by atoms with Crippen molar-refractivity contribution < 1.29 is 23.4 Å². The van der Waals surface area contributed by atoms with Crippen molar-refractivity contribution in [2.45, 2.75) is 25.0 Å². The third-order valence-corrected chi connectivity index (χ3v) is 6.24. The van der Waals surface area contributed by atoms with Crippen LogP contribution in [0.2, 0.25) is 0 Å². The second-order valence-electron chi connectivity index (χ2n) is 8.68. The van der Waals surface area contributed by atoms with Crippen molar-refractivity contribution >= 4 is 16.9 Å². The smallest absolute Gasteiger partial charge is 0.167 e. The van der Waals surface area contributed by atoms with Gasteiger partial charge in [-0.15, -0.1) is 0 Å². The van der Waals surface area contributed by atoms with E-state index in [1.165, 1.54) is 19.2 Å². The Bertz CT molecular complexity index is 1370. The van der Waals surface area contributed by atoms with Crippen LogP contribution < -0.4 is 9.64 Å². The Morgan fingerprint density at radius 2 is 1.92 bits per heavy atom. The molecule has 1 fully saturated rings. The zero-order valence-electron chi connectivity index (χ0n) is 19.9. The lowest BCUT2D eigenvalue weighted by Crippen LogP contribution is -2.39. The number of benzene rings is 1. The Balaban J connectivity index is 1.44. The van der Waals surface area contributed by atoms with E-state index in [-0.39, 0.29) is 18.5 Å². The number of nitrogens with zero attached hydrogens (tertiary/aromatic N) is 6. The number of fused-ring (bicyclic) bond motifs is 1. The first-order valence-electron chi connectivity index (χ1n) is 11.6. The summed E-state index contributed by atoms with van der Waals surface area (Å²) < 4.78 is 40.1. The van der Waals surface area contributed by atoms with Gasteiger partial charge < -0.3 is 19.5 Å². The van der Waals surface area contributed by atoms with E-state index in [4.69, 9.17) is 19.4 Å². The molecule has 0 saturated carbocycles. The highest BCUT2D eigenvalue weighted by Crippen LogP contribution is 2.32. The summed E-state index contributed by atoms with van der Waals surface area (Å²) in [7, 11) is 3.35. The van der Waals surface area contributed by atoms with Crippen molar-refractivity contribution in [3.63, 3.8) is 0 Å². The molecular formula is C25H26F2N6O3. The summed E-state index contributed by atoms with van der Waals surface area (Å²) in [5.41, 5.74) is 3.31. The van der Waals surface area contributed by atoms with Gasteiger partial charge in [-0.25, -0.2) is 18.7 Å². The highest BCUT2D eigenvalue weighted by molar-refractivity contribution is 5.83. The number of methoxy groups -OCH3 is 1. The van der Waals surface area contributed by atoms with Gasteiger partial charge in [-0.2, -0.15) is 5.10 Å². The fraction of sp³-hybridized carbons (Fsp3) is 0.360. The molecule has 0 radical (unpaired) electrons. The number of aliphatic hydroxyl groups excluding tert-OH is 1. The molecule has 4 aromatic rings. The molecular weight excluding hydrogens is 470 g/mol. The zero-order valence-corrected chi connectivity index (χ0v) is 19.9. The van der Waals surface area contributed by atoms with Gasteiger partial charge in [0, 0.05) is 57.9 Å². The van der Waals surface area contributed by atoms with Crippen LogP contribution >= 0.6 is 0 Å². The molecule has 1 saturated heterocycles. The van der Waals surface area contributed by atoms with Gasteiger partial charge in [-0.1, -0.05) is 0 Å². The molecule has 36 heavy (non-hydrogen) atoms. The summed E-state index contributed by atoms with van der Waals surface area (Å²) in [6.45, 7) is 1.01. The fourth-order valence-electron chi connectivity index (χ4n) is 4.32. The molecule has 3 aromatic heterocycles. The molecule has 0 bridgehead atoms. The molecule has 5 rings (SSSR count). The number of ether oxygens (including phenoxy) is 2. The van der Waals surface area contributed by atoms with Gasteiger partial charge >= 0.3 is 0 Å². The van der Waals surface area contributed by atoms with Crippen molar-refractivity contribution in [1.29, 1.82) is 0 Å². The summed E-state index contributed by atoms with van der Waals surface area (Å²) >= 11 is 0. The minimum Gasteiger partial charge on any atom is -0.487 e. The molecule has 0 amide bonds. The number of aryl methyl sites for hydroxylation is 1. The van der Waals surface area contributed by atoms with E-state index in [0.29, 0.717) is 54.2 Å². The van der Waals surface area contributed by atoms with Crippen LogP contribution in [0.25, 0.3) is 22.3 Å². The third kappa shape index (κ3) is 4.84. The SMILES string of the molecule is COC(CO)c1cc2nc(N3CCC(Oc4ccc(F)cc4F)CC3)c(-c3cnn(C)c3)nc2cn1. The molecule has 1 N–H and O–H groups in total. The molecule has 188 valence electrons. The predicted octanol–water partition coefficient (Wildman–Crippen LogP) is 3.43. The first-order chi connectivity index (χ1) is 17.4. The Kier molecular flexibility index (Phi) is 6.75. The monoisotopic (exact) mass is 496 g/mol. The Labute approximate surface area is 206 Å². The van der Waals surface area contributed by atoms with Gasteiger partial charge in [0.05, 0.1) is 30.2 Å². The largest absolute Gasteiger partial charge is 0.487 e. The van der Waals surface area contributed by atoms with E-state index in [2.05, 4.69) is 15.0 Å². The maximum absolute atomic E-state index is 14.0. The molecule has 1 unspecified atom stereocenters. The molecule has 1 aromatic carbocycles. The van der Waals surface area contributed by atoms with Crippen LogP contribution in [0.3, 0.4) is 0 Å². The number of anilines is 1. The van der Waals surface area contributed by atoms with Crippen LogP contribution in [-0.4, -0.2) is 62.7 Å². The summed E-state index contributed by atoms with van der Waals surface area (Å²) in [5, 5.41) is 13.9. The van der Waals surface area contributed by atoms with Crippen LogP contribution in [0, 0.1) is 11.6 Å². The van der Waals surface area contributed by atoms with Gasteiger partial charge in [0.15, 0.2) is 17.4 Å². The molecule has 1 aliphatic rings. The second-order valence-corrected chi connectivity index (χ2v) is 8.68. The van der Waals surface area contributed by atoms with E-state index >= 15 is 0 Å². The Hall–Kier alpha value is -3.70. The van der Waals surface area contributed by atoms with Crippen LogP contribution in [0.4, 0.5) is 14.6 Å². The predicted molar refractivity (Wildman–Crippen MR) is 129 cm³/mol. The van der Waals surface area contributed by atoms with Crippen LogP contribution in [0.5, 0.6) is 5.75 Å². The van der Waals surface area contributed by atoms with Gasteiger partial charge in [-0.05, 0) is 18.2 Å². The topological polar surface area (TPSA) is 98.4 Å². The maximum atomic E-state index is 14.0. The fourth-order valence-corrected chi connectivity index (χ4v) is 4.32. The number of halogens is 2. The van der Waals surface area contributed by atoms with Crippen molar-refractivity contribution in [2.24, 2.45) is 7.05 Å². The molecule has 11 heteroatoms. The first kappa shape index (κ1) is 24.0. The van der Waals surface area contributed by atoms with Crippen LogP contribution in [0.1, 0.15) is 24.6 Å². The highest BCUT2D eigenvalue weighted by atomic mass is 19.1. The van der Waals surface area contributed by atoms with Crippen molar-refractivity contribution in [2.75, 3.05) is 31.7 Å². The normalized spacial score (nSPS) is 15.4. The molecule has 0 aliphatic carbocycles. The lowest BCUT2D eigenvalue weighted by atomic mass is 10.1.